The van der Waals surface area contributed by atoms with E-state index in [2.05, 4.69) is 5.32 Å². The third kappa shape index (κ3) is 5.53. The number of ether oxygens (including phenoxy) is 1. The highest BCUT2D eigenvalue weighted by molar-refractivity contribution is 7.88. The molecule has 0 radical (unpaired) electrons. The molecule has 0 aromatic heterocycles. The number of amides is 1. The molecule has 0 saturated carbocycles. The molecule has 1 N–H and O–H groups in total. The van der Waals surface area contributed by atoms with E-state index in [0.29, 0.717) is 30.8 Å². The van der Waals surface area contributed by atoms with Crippen molar-refractivity contribution in [3.63, 3.8) is 0 Å². The number of anilines is 1. The molecule has 1 heterocycles. The van der Waals surface area contributed by atoms with Crippen LogP contribution in [0, 0.1) is 11.7 Å². The van der Waals surface area contributed by atoms with Crippen LogP contribution in [0.1, 0.15) is 18.4 Å². The lowest BCUT2D eigenvalue weighted by Crippen LogP contribution is -2.43. The summed E-state index contributed by atoms with van der Waals surface area (Å²) in [4.78, 5) is 12.6. The molecule has 1 atom stereocenters. The molecule has 6 nitrogen and oxygen atoms in total. The van der Waals surface area contributed by atoms with E-state index in [1.54, 1.807) is 30.3 Å². The molecule has 1 fully saturated rings. The summed E-state index contributed by atoms with van der Waals surface area (Å²) >= 11 is 0. The number of nitrogens with one attached hydrogen (secondary N) is 1. The summed E-state index contributed by atoms with van der Waals surface area (Å²) in [5.41, 5.74) is 1.44. The average Bonchev–Trinajstić information content (AvgIpc) is 2.66. The molecule has 1 unspecified atom stereocenters. The van der Waals surface area contributed by atoms with Gasteiger partial charge in [0.15, 0.2) is 0 Å². The molecular formula is C20H23FN2O4S. The fourth-order valence-electron chi connectivity index (χ4n) is 3.16. The molecule has 1 saturated heterocycles. The molecule has 28 heavy (non-hydrogen) atoms. The van der Waals surface area contributed by atoms with Crippen molar-refractivity contribution in [2.24, 2.45) is 5.92 Å². The van der Waals surface area contributed by atoms with Crippen LogP contribution in [0.2, 0.25) is 0 Å². The second-order valence-electron chi connectivity index (χ2n) is 6.90. The molecule has 1 amide bonds. The van der Waals surface area contributed by atoms with E-state index >= 15 is 0 Å². The Hall–Kier alpha value is -2.45. The van der Waals surface area contributed by atoms with Crippen molar-refractivity contribution in [2.75, 3.05) is 24.7 Å². The van der Waals surface area contributed by atoms with Gasteiger partial charge in [-0.2, -0.15) is 0 Å². The fourth-order valence-corrected chi connectivity index (χ4v) is 4.08. The molecule has 0 spiro atoms. The zero-order valence-electron chi connectivity index (χ0n) is 15.6. The number of benzene rings is 2. The number of nitrogens with zero attached hydrogens (tertiary/aromatic N) is 1. The topological polar surface area (TPSA) is 75.7 Å². The Bertz CT molecular complexity index is 949. The molecule has 1 aliphatic heterocycles. The number of piperidine rings is 1. The third-order valence-corrected chi connectivity index (χ3v) is 5.89. The molecule has 1 aliphatic rings. The van der Waals surface area contributed by atoms with Crippen LogP contribution in [0.5, 0.6) is 5.75 Å². The minimum Gasteiger partial charge on any atom is -0.489 e. The first kappa shape index (κ1) is 20.3. The lowest BCUT2D eigenvalue weighted by atomic mass is 9.98. The first-order valence-electron chi connectivity index (χ1n) is 9.04. The highest BCUT2D eigenvalue weighted by Crippen LogP contribution is 2.21. The number of rotatable bonds is 6. The first-order valence-corrected chi connectivity index (χ1v) is 10.9. The SMILES string of the molecule is CS(=O)(=O)N1CCCC(C(=O)Nc2cccc(COc3cccc(F)c3)c2)C1. The number of carbonyl (C=O) groups excluding carboxylic acids is 1. The van der Waals surface area contributed by atoms with Gasteiger partial charge < -0.3 is 10.1 Å². The molecule has 0 bridgehead atoms. The van der Waals surface area contributed by atoms with Crippen molar-refractivity contribution in [3.05, 3.63) is 59.9 Å². The fraction of sp³-hybridized carbons (Fsp3) is 0.350. The zero-order valence-corrected chi connectivity index (χ0v) is 16.4. The lowest BCUT2D eigenvalue weighted by Gasteiger charge is -2.30. The lowest BCUT2D eigenvalue weighted by molar-refractivity contribution is -0.120. The average molecular weight is 406 g/mol. The Labute approximate surface area is 164 Å². The van der Waals surface area contributed by atoms with Gasteiger partial charge in [-0.25, -0.2) is 17.1 Å². The molecular weight excluding hydrogens is 383 g/mol. The number of halogens is 1. The number of hydrogen-bond acceptors (Lipinski definition) is 4. The van der Waals surface area contributed by atoms with E-state index in [1.807, 2.05) is 6.07 Å². The zero-order chi connectivity index (χ0) is 20.1. The van der Waals surface area contributed by atoms with Gasteiger partial charge in [0.25, 0.3) is 0 Å². The maximum Gasteiger partial charge on any atom is 0.228 e. The summed E-state index contributed by atoms with van der Waals surface area (Å²) < 4.78 is 43.6. The van der Waals surface area contributed by atoms with Crippen LogP contribution in [0.25, 0.3) is 0 Å². The van der Waals surface area contributed by atoms with E-state index in [1.165, 1.54) is 16.4 Å². The van der Waals surface area contributed by atoms with Crippen molar-refractivity contribution in [1.29, 1.82) is 0 Å². The maximum absolute atomic E-state index is 13.2. The van der Waals surface area contributed by atoms with Gasteiger partial charge in [-0.3, -0.25) is 4.79 Å². The van der Waals surface area contributed by atoms with Gasteiger partial charge in [0.05, 0.1) is 12.2 Å². The predicted molar refractivity (Wildman–Crippen MR) is 105 cm³/mol. The van der Waals surface area contributed by atoms with Gasteiger partial charge in [-0.05, 0) is 42.7 Å². The van der Waals surface area contributed by atoms with Crippen molar-refractivity contribution in [3.8, 4) is 5.75 Å². The quantitative estimate of drug-likeness (QED) is 0.800. The Kier molecular flexibility index (Phi) is 6.31. The molecule has 8 heteroatoms. The highest BCUT2D eigenvalue weighted by atomic mass is 32.2. The number of carbonyl (C=O) groups is 1. The number of sulfonamides is 1. The molecule has 3 rings (SSSR count). The Balaban J connectivity index is 1.60. The van der Waals surface area contributed by atoms with Crippen LogP contribution < -0.4 is 10.1 Å². The summed E-state index contributed by atoms with van der Waals surface area (Å²) in [6.45, 7) is 0.890. The van der Waals surface area contributed by atoms with E-state index in [-0.39, 0.29) is 30.8 Å². The van der Waals surface area contributed by atoms with E-state index in [9.17, 15) is 17.6 Å². The summed E-state index contributed by atoms with van der Waals surface area (Å²) in [6.07, 6.45) is 2.47. The van der Waals surface area contributed by atoms with Gasteiger partial charge in [-0.1, -0.05) is 18.2 Å². The van der Waals surface area contributed by atoms with Crippen molar-refractivity contribution in [2.45, 2.75) is 19.4 Å². The monoisotopic (exact) mass is 406 g/mol. The van der Waals surface area contributed by atoms with Crippen molar-refractivity contribution >= 4 is 21.6 Å². The number of hydrogen-bond donors (Lipinski definition) is 1. The van der Waals surface area contributed by atoms with Crippen LogP contribution in [0.15, 0.2) is 48.5 Å². The van der Waals surface area contributed by atoms with Crippen molar-refractivity contribution in [1.82, 2.24) is 4.31 Å². The van der Waals surface area contributed by atoms with E-state index in [4.69, 9.17) is 4.74 Å². The summed E-state index contributed by atoms with van der Waals surface area (Å²) in [5.74, 6) is -0.515. The predicted octanol–water partition coefficient (Wildman–Crippen LogP) is 3.01. The summed E-state index contributed by atoms with van der Waals surface area (Å²) in [5, 5.41) is 2.86. The second kappa shape index (κ2) is 8.70. The highest BCUT2D eigenvalue weighted by Gasteiger charge is 2.30. The largest absolute Gasteiger partial charge is 0.489 e. The summed E-state index contributed by atoms with van der Waals surface area (Å²) in [6, 6.07) is 13.1. The molecule has 150 valence electrons. The Morgan fingerprint density at radius 2 is 2.04 bits per heavy atom. The first-order chi connectivity index (χ1) is 13.3. The van der Waals surface area contributed by atoms with E-state index in [0.717, 1.165) is 11.8 Å². The minimum atomic E-state index is -3.30. The van der Waals surface area contributed by atoms with Crippen LogP contribution >= 0.6 is 0 Å². The van der Waals surface area contributed by atoms with Gasteiger partial charge in [0.1, 0.15) is 18.2 Å². The molecule has 2 aromatic rings. The molecule has 0 aliphatic carbocycles. The van der Waals surface area contributed by atoms with Gasteiger partial charge in [0.2, 0.25) is 15.9 Å². The summed E-state index contributed by atoms with van der Waals surface area (Å²) in [7, 11) is -3.30. The Morgan fingerprint density at radius 1 is 1.25 bits per heavy atom. The van der Waals surface area contributed by atoms with Crippen molar-refractivity contribution < 1.29 is 22.3 Å². The second-order valence-corrected chi connectivity index (χ2v) is 8.88. The van der Waals surface area contributed by atoms with Crippen LogP contribution in [-0.2, 0) is 21.4 Å². The van der Waals surface area contributed by atoms with Crippen LogP contribution in [0.4, 0.5) is 10.1 Å². The van der Waals surface area contributed by atoms with Crippen LogP contribution in [0.3, 0.4) is 0 Å². The molecule has 2 aromatic carbocycles. The van der Waals surface area contributed by atoms with Crippen LogP contribution in [-0.4, -0.2) is 38.0 Å². The maximum atomic E-state index is 13.2. The third-order valence-electron chi connectivity index (χ3n) is 4.62. The normalized spacial score (nSPS) is 17.9. The van der Waals surface area contributed by atoms with Gasteiger partial charge >= 0.3 is 0 Å². The van der Waals surface area contributed by atoms with Gasteiger partial charge in [-0.15, -0.1) is 0 Å². The smallest absolute Gasteiger partial charge is 0.228 e. The van der Waals surface area contributed by atoms with E-state index < -0.39 is 10.0 Å². The minimum absolute atomic E-state index is 0.198. The Morgan fingerprint density at radius 3 is 2.79 bits per heavy atom. The van der Waals surface area contributed by atoms with Gasteiger partial charge in [0, 0.05) is 24.8 Å². The standard InChI is InChI=1S/C20H23FN2O4S/c1-28(25,26)23-10-4-6-16(13-23)20(24)22-18-8-2-5-15(11-18)14-27-19-9-3-7-17(21)12-19/h2-3,5,7-9,11-12,16H,4,6,10,13-14H2,1H3,(H,22,24).